The molecule has 2 aromatic carbocycles. The van der Waals surface area contributed by atoms with Crippen molar-refractivity contribution in [2.24, 2.45) is 0 Å². The molecule has 0 aliphatic carbocycles. The summed E-state index contributed by atoms with van der Waals surface area (Å²) < 4.78 is 10.8. The van der Waals surface area contributed by atoms with E-state index in [0.717, 1.165) is 49.7 Å². The Bertz CT molecular complexity index is 851. The number of carbonyl (C=O) groups excluding carboxylic acids is 2. The van der Waals surface area contributed by atoms with Crippen molar-refractivity contribution in [3.8, 4) is 0 Å². The van der Waals surface area contributed by atoms with E-state index in [2.05, 4.69) is 10.2 Å². The summed E-state index contributed by atoms with van der Waals surface area (Å²) >= 11 is 0. The van der Waals surface area contributed by atoms with Gasteiger partial charge in [-0.15, -0.1) is 0 Å². The molecule has 2 aliphatic heterocycles. The molecule has 0 bridgehead atoms. The molecule has 30 heavy (non-hydrogen) atoms. The van der Waals surface area contributed by atoms with Gasteiger partial charge in [0.15, 0.2) is 0 Å². The average molecular weight is 409 g/mol. The standard InChI is InChI=1S/C23H27N3O4/c27-22(24-19-8-10-20(11-9-19)25-13-15-29-16-14-25)21-7-4-12-26(21)23(28)30-17-18-5-2-1-3-6-18/h1-3,5-6,8-11,21H,4,7,12-17H2,(H,24,27). The molecule has 1 atom stereocenters. The van der Waals surface area contributed by atoms with Crippen molar-refractivity contribution in [1.29, 1.82) is 0 Å². The maximum Gasteiger partial charge on any atom is 0.410 e. The first kappa shape index (κ1) is 20.2. The lowest BCUT2D eigenvalue weighted by molar-refractivity contribution is -0.120. The fourth-order valence-electron chi connectivity index (χ4n) is 3.86. The van der Waals surface area contributed by atoms with Gasteiger partial charge in [-0.25, -0.2) is 4.79 Å². The zero-order valence-corrected chi connectivity index (χ0v) is 17.0. The summed E-state index contributed by atoms with van der Waals surface area (Å²) in [4.78, 5) is 29.1. The second-order valence-electron chi connectivity index (χ2n) is 7.53. The molecular weight excluding hydrogens is 382 g/mol. The molecule has 1 unspecified atom stereocenters. The predicted octanol–water partition coefficient (Wildman–Crippen LogP) is 3.26. The number of hydrogen-bond acceptors (Lipinski definition) is 5. The lowest BCUT2D eigenvalue weighted by atomic mass is 10.2. The highest BCUT2D eigenvalue weighted by Gasteiger charge is 2.35. The van der Waals surface area contributed by atoms with Gasteiger partial charge < -0.3 is 19.7 Å². The van der Waals surface area contributed by atoms with Crippen LogP contribution in [0.5, 0.6) is 0 Å². The molecule has 2 aliphatic rings. The van der Waals surface area contributed by atoms with Crippen LogP contribution in [0.4, 0.5) is 16.2 Å². The largest absolute Gasteiger partial charge is 0.445 e. The Morgan fingerprint density at radius 3 is 2.47 bits per heavy atom. The second-order valence-corrected chi connectivity index (χ2v) is 7.53. The molecule has 2 heterocycles. The topological polar surface area (TPSA) is 71.1 Å². The Labute approximate surface area is 176 Å². The van der Waals surface area contributed by atoms with Crippen LogP contribution in [-0.2, 0) is 20.9 Å². The number of hydrogen-bond donors (Lipinski definition) is 1. The molecule has 0 aromatic heterocycles. The molecule has 2 aromatic rings. The van der Waals surface area contributed by atoms with Gasteiger partial charge in [-0.3, -0.25) is 9.69 Å². The van der Waals surface area contributed by atoms with E-state index in [9.17, 15) is 9.59 Å². The van der Waals surface area contributed by atoms with Crippen LogP contribution in [0.3, 0.4) is 0 Å². The molecular formula is C23H27N3O4. The molecule has 7 nitrogen and oxygen atoms in total. The second kappa shape index (κ2) is 9.63. The Balaban J connectivity index is 1.32. The third-order valence-electron chi connectivity index (χ3n) is 5.51. The summed E-state index contributed by atoms with van der Waals surface area (Å²) in [6, 6.07) is 16.8. The Kier molecular flexibility index (Phi) is 6.49. The number of benzene rings is 2. The van der Waals surface area contributed by atoms with Crippen molar-refractivity contribution in [2.45, 2.75) is 25.5 Å². The maximum absolute atomic E-state index is 12.8. The van der Waals surface area contributed by atoms with E-state index in [1.807, 2.05) is 54.6 Å². The van der Waals surface area contributed by atoms with Gasteiger partial charge in [0.05, 0.1) is 13.2 Å². The third-order valence-corrected chi connectivity index (χ3v) is 5.51. The van der Waals surface area contributed by atoms with E-state index >= 15 is 0 Å². The normalized spacial score (nSPS) is 18.9. The Morgan fingerprint density at radius 1 is 1.00 bits per heavy atom. The predicted molar refractivity (Wildman–Crippen MR) is 114 cm³/mol. The quantitative estimate of drug-likeness (QED) is 0.821. The van der Waals surface area contributed by atoms with Crippen molar-refractivity contribution in [3.05, 3.63) is 60.2 Å². The molecule has 7 heteroatoms. The zero-order chi connectivity index (χ0) is 20.8. The van der Waals surface area contributed by atoms with E-state index in [0.29, 0.717) is 13.0 Å². The summed E-state index contributed by atoms with van der Waals surface area (Å²) in [5.74, 6) is -0.178. The lowest BCUT2D eigenvalue weighted by Crippen LogP contribution is -2.43. The van der Waals surface area contributed by atoms with Crippen molar-refractivity contribution in [2.75, 3.05) is 43.1 Å². The van der Waals surface area contributed by atoms with Gasteiger partial charge in [0.1, 0.15) is 12.6 Å². The third kappa shape index (κ3) is 4.91. The fraction of sp³-hybridized carbons (Fsp3) is 0.391. The summed E-state index contributed by atoms with van der Waals surface area (Å²) in [6.45, 7) is 3.93. The summed E-state index contributed by atoms with van der Waals surface area (Å²) in [5, 5.41) is 2.94. The highest BCUT2D eigenvalue weighted by Crippen LogP contribution is 2.23. The van der Waals surface area contributed by atoms with Crippen LogP contribution in [0.25, 0.3) is 0 Å². The Morgan fingerprint density at radius 2 is 1.73 bits per heavy atom. The number of nitrogens with zero attached hydrogens (tertiary/aromatic N) is 2. The number of morpholine rings is 1. The van der Waals surface area contributed by atoms with E-state index in [-0.39, 0.29) is 12.5 Å². The average Bonchev–Trinajstić information content (AvgIpc) is 3.30. The number of carbonyl (C=O) groups is 2. The van der Waals surface area contributed by atoms with E-state index in [1.54, 1.807) is 0 Å². The summed E-state index contributed by atoms with van der Waals surface area (Å²) in [6.07, 6.45) is 0.978. The summed E-state index contributed by atoms with van der Waals surface area (Å²) in [7, 11) is 0. The number of amides is 2. The monoisotopic (exact) mass is 409 g/mol. The molecule has 0 radical (unpaired) electrons. The molecule has 2 amide bonds. The number of ether oxygens (including phenoxy) is 2. The minimum atomic E-state index is -0.507. The smallest absolute Gasteiger partial charge is 0.410 e. The van der Waals surface area contributed by atoms with Gasteiger partial charge in [0, 0.05) is 31.0 Å². The van der Waals surface area contributed by atoms with Gasteiger partial charge in [-0.1, -0.05) is 30.3 Å². The molecule has 0 spiro atoms. The van der Waals surface area contributed by atoms with Gasteiger partial charge >= 0.3 is 6.09 Å². The molecule has 158 valence electrons. The molecule has 1 N–H and O–H groups in total. The van der Waals surface area contributed by atoms with Crippen LogP contribution >= 0.6 is 0 Å². The highest BCUT2D eigenvalue weighted by atomic mass is 16.6. The van der Waals surface area contributed by atoms with Gasteiger partial charge in [-0.05, 0) is 42.7 Å². The van der Waals surface area contributed by atoms with E-state index < -0.39 is 12.1 Å². The number of rotatable bonds is 5. The lowest BCUT2D eigenvalue weighted by Gasteiger charge is -2.29. The fourth-order valence-corrected chi connectivity index (χ4v) is 3.86. The van der Waals surface area contributed by atoms with Crippen LogP contribution < -0.4 is 10.2 Å². The van der Waals surface area contributed by atoms with Crippen LogP contribution in [-0.4, -0.2) is 55.8 Å². The minimum absolute atomic E-state index is 0.178. The van der Waals surface area contributed by atoms with Crippen LogP contribution in [0.1, 0.15) is 18.4 Å². The van der Waals surface area contributed by atoms with Crippen molar-refractivity contribution >= 4 is 23.4 Å². The van der Waals surface area contributed by atoms with Crippen molar-refractivity contribution < 1.29 is 19.1 Å². The number of nitrogens with one attached hydrogen (secondary N) is 1. The highest BCUT2D eigenvalue weighted by molar-refractivity contribution is 5.97. The van der Waals surface area contributed by atoms with E-state index in [4.69, 9.17) is 9.47 Å². The number of likely N-dealkylation sites (tertiary alicyclic amines) is 1. The minimum Gasteiger partial charge on any atom is -0.445 e. The molecule has 4 rings (SSSR count). The molecule has 2 saturated heterocycles. The zero-order valence-electron chi connectivity index (χ0n) is 17.0. The molecule has 0 saturated carbocycles. The number of anilines is 2. The van der Waals surface area contributed by atoms with Gasteiger partial charge in [0.25, 0.3) is 0 Å². The van der Waals surface area contributed by atoms with E-state index in [1.165, 1.54) is 4.90 Å². The Hall–Kier alpha value is -3.06. The first-order valence-corrected chi connectivity index (χ1v) is 10.4. The first-order valence-electron chi connectivity index (χ1n) is 10.4. The van der Waals surface area contributed by atoms with Gasteiger partial charge in [-0.2, -0.15) is 0 Å². The van der Waals surface area contributed by atoms with Crippen molar-refractivity contribution in [1.82, 2.24) is 4.90 Å². The maximum atomic E-state index is 12.8. The molecule has 2 fully saturated rings. The van der Waals surface area contributed by atoms with Crippen molar-refractivity contribution in [3.63, 3.8) is 0 Å². The van der Waals surface area contributed by atoms with Crippen LogP contribution in [0.2, 0.25) is 0 Å². The van der Waals surface area contributed by atoms with Gasteiger partial charge in [0.2, 0.25) is 5.91 Å². The van der Waals surface area contributed by atoms with Crippen LogP contribution in [0.15, 0.2) is 54.6 Å². The first-order chi connectivity index (χ1) is 14.7. The van der Waals surface area contributed by atoms with Crippen LogP contribution in [0, 0.1) is 0 Å². The summed E-state index contributed by atoms with van der Waals surface area (Å²) in [5.41, 5.74) is 2.76. The SMILES string of the molecule is O=C(Nc1ccc(N2CCOCC2)cc1)C1CCCN1C(=O)OCc1ccccc1.